The topological polar surface area (TPSA) is 26.0 Å². The molecule has 2 aromatic rings. The highest BCUT2D eigenvalue weighted by molar-refractivity contribution is 7.10. The SMILES string of the molecule is Cc1csc(C(N)c2ccc(F)c(F)c2)c1Cl. The van der Waals surface area contributed by atoms with E-state index in [1.807, 2.05) is 12.3 Å². The maximum absolute atomic E-state index is 13.1. The molecule has 1 unspecified atom stereocenters. The molecule has 0 saturated carbocycles. The Kier molecular flexibility index (Phi) is 3.47. The van der Waals surface area contributed by atoms with Crippen molar-refractivity contribution >= 4 is 22.9 Å². The fourth-order valence-corrected chi connectivity index (χ4v) is 2.86. The van der Waals surface area contributed by atoms with Crippen molar-refractivity contribution in [1.29, 1.82) is 0 Å². The Bertz CT molecular complexity index is 553. The van der Waals surface area contributed by atoms with Crippen LogP contribution in [0.2, 0.25) is 5.02 Å². The van der Waals surface area contributed by atoms with Crippen molar-refractivity contribution in [3.63, 3.8) is 0 Å². The van der Waals surface area contributed by atoms with E-state index in [4.69, 9.17) is 17.3 Å². The minimum atomic E-state index is -0.901. The second-order valence-corrected chi connectivity index (χ2v) is 5.04. The van der Waals surface area contributed by atoms with Gasteiger partial charge in [-0.2, -0.15) is 0 Å². The number of hydrogen-bond acceptors (Lipinski definition) is 2. The summed E-state index contributed by atoms with van der Waals surface area (Å²) in [4.78, 5) is 0.759. The average molecular weight is 274 g/mol. The first-order valence-electron chi connectivity index (χ1n) is 4.94. The van der Waals surface area contributed by atoms with E-state index in [0.29, 0.717) is 10.6 Å². The Hall–Kier alpha value is -0.970. The number of benzene rings is 1. The molecule has 1 heterocycles. The Morgan fingerprint density at radius 1 is 1.29 bits per heavy atom. The van der Waals surface area contributed by atoms with Crippen LogP contribution < -0.4 is 5.73 Å². The number of nitrogens with two attached hydrogens (primary N) is 1. The van der Waals surface area contributed by atoms with E-state index in [1.165, 1.54) is 17.4 Å². The van der Waals surface area contributed by atoms with E-state index in [0.717, 1.165) is 22.6 Å². The molecule has 0 aliphatic heterocycles. The zero-order valence-corrected chi connectivity index (χ0v) is 10.6. The summed E-state index contributed by atoms with van der Waals surface area (Å²) in [5, 5.41) is 2.48. The molecule has 0 aliphatic carbocycles. The zero-order chi connectivity index (χ0) is 12.6. The van der Waals surface area contributed by atoms with Crippen molar-refractivity contribution in [2.45, 2.75) is 13.0 Å². The molecule has 1 atom stereocenters. The van der Waals surface area contributed by atoms with E-state index in [9.17, 15) is 8.78 Å². The average Bonchev–Trinajstić information content (AvgIpc) is 2.63. The molecule has 0 spiro atoms. The molecule has 90 valence electrons. The smallest absolute Gasteiger partial charge is 0.159 e. The van der Waals surface area contributed by atoms with E-state index in [2.05, 4.69) is 0 Å². The van der Waals surface area contributed by atoms with Crippen LogP contribution in [0.3, 0.4) is 0 Å². The highest BCUT2D eigenvalue weighted by Gasteiger charge is 2.17. The predicted molar refractivity (Wildman–Crippen MR) is 66.5 cm³/mol. The summed E-state index contributed by atoms with van der Waals surface area (Å²) in [5.41, 5.74) is 7.43. The molecule has 0 bridgehead atoms. The van der Waals surface area contributed by atoms with Crippen LogP contribution in [0.5, 0.6) is 0 Å². The third-order valence-electron chi connectivity index (χ3n) is 2.51. The monoisotopic (exact) mass is 273 g/mol. The van der Waals surface area contributed by atoms with Crippen molar-refractivity contribution < 1.29 is 8.78 Å². The minimum absolute atomic E-state index is 0.507. The van der Waals surface area contributed by atoms with E-state index in [-0.39, 0.29) is 0 Å². The standard InChI is InChI=1S/C12H10ClF2NS/c1-6-5-17-12(10(6)13)11(16)7-2-3-8(14)9(15)4-7/h2-5,11H,16H2,1H3. The van der Waals surface area contributed by atoms with Gasteiger partial charge in [0.25, 0.3) is 0 Å². The van der Waals surface area contributed by atoms with E-state index >= 15 is 0 Å². The summed E-state index contributed by atoms with van der Waals surface area (Å²) < 4.78 is 25.9. The lowest BCUT2D eigenvalue weighted by atomic mass is 10.1. The maximum atomic E-state index is 13.1. The van der Waals surface area contributed by atoms with Gasteiger partial charge in [-0.1, -0.05) is 17.7 Å². The fraction of sp³-hybridized carbons (Fsp3) is 0.167. The second-order valence-electron chi connectivity index (χ2n) is 3.75. The van der Waals surface area contributed by atoms with Crippen LogP contribution in [-0.4, -0.2) is 0 Å². The molecule has 0 radical (unpaired) electrons. The normalized spacial score (nSPS) is 12.8. The first-order valence-corrected chi connectivity index (χ1v) is 6.20. The summed E-state index contributed by atoms with van der Waals surface area (Å²) >= 11 is 7.50. The van der Waals surface area contributed by atoms with Gasteiger partial charge in [-0.15, -0.1) is 11.3 Å². The minimum Gasteiger partial charge on any atom is -0.320 e. The summed E-state index contributed by atoms with van der Waals surface area (Å²) in [5.74, 6) is -1.78. The number of halogens is 3. The zero-order valence-electron chi connectivity index (χ0n) is 9.01. The molecule has 0 amide bonds. The van der Waals surface area contributed by atoms with Crippen LogP contribution in [0.1, 0.15) is 22.0 Å². The fourth-order valence-electron chi connectivity index (χ4n) is 1.52. The van der Waals surface area contributed by atoms with Gasteiger partial charge >= 0.3 is 0 Å². The molecule has 0 saturated heterocycles. The molecule has 17 heavy (non-hydrogen) atoms. The summed E-state index contributed by atoms with van der Waals surface area (Å²) in [6.07, 6.45) is 0. The van der Waals surface area contributed by atoms with Crippen molar-refractivity contribution in [2.75, 3.05) is 0 Å². The van der Waals surface area contributed by atoms with Gasteiger partial charge < -0.3 is 5.73 Å². The molecule has 1 nitrogen and oxygen atoms in total. The number of thiophene rings is 1. The van der Waals surface area contributed by atoms with Crippen LogP contribution in [0.4, 0.5) is 8.78 Å². The molecule has 5 heteroatoms. The van der Waals surface area contributed by atoms with Gasteiger partial charge in [0.05, 0.1) is 11.1 Å². The van der Waals surface area contributed by atoms with Crippen LogP contribution in [0.25, 0.3) is 0 Å². The molecule has 0 fully saturated rings. The lowest BCUT2D eigenvalue weighted by Crippen LogP contribution is -2.11. The van der Waals surface area contributed by atoms with Crippen molar-refractivity contribution in [1.82, 2.24) is 0 Å². The predicted octanol–water partition coefficient (Wildman–Crippen LogP) is 4.04. The summed E-state index contributed by atoms with van der Waals surface area (Å²) in [6.45, 7) is 1.88. The Morgan fingerprint density at radius 3 is 2.53 bits per heavy atom. The highest BCUT2D eigenvalue weighted by Crippen LogP contribution is 2.34. The summed E-state index contributed by atoms with van der Waals surface area (Å²) in [6, 6.07) is 3.11. The van der Waals surface area contributed by atoms with Gasteiger partial charge in [0.2, 0.25) is 0 Å². The Labute approximate surface area is 107 Å². The van der Waals surface area contributed by atoms with Crippen molar-refractivity contribution in [3.05, 3.63) is 56.2 Å². The van der Waals surface area contributed by atoms with Gasteiger partial charge in [-0.05, 0) is 35.6 Å². The molecular weight excluding hydrogens is 264 g/mol. The van der Waals surface area contributed by atoms with E-state index < -0.39 is 17.7 Å². The Morgan fingerprint density at radius 2 is 2.00 bits per heavy atom. The molecular formula is C12H10ClF2NS. The van der Waals surface area contributed by atoms with Gasteiger partial charge in [0.15, 0.2) is 11.6 Å². The van der Waals surface area contributed by atoms with Crippen molar-refractivity contribution in [3.8, 4) is 0 Å². The third-order valence-corrected chi connectivity index (χ3v) is 4.31. The largest absolute Gasteiger partial charge is 0.320 e. The van der Waals surface area contributed by atoms with Crippen LogP contribution in [0, 0.1) is 18.6 Å². The van der Waals surface area contributed by atoms with Gasteiger partial charge in [-0.3, -0.25) is 0 Å². The second kappa shape index (κ2) is 4.72. The van der Waals surface area contributed by atoms with Crippen LogP contribution in [-0.2, 0) is 0 Å². The molecule has 2 rings (SSSR count). The lowest BCUT2D eigenvalue weighted by molar-refractivity contribution is 0.506. The van der Waals surface area contributed by atoms with Crippen LogP contribution >= 0.6 is 22.9 Å². The van der Waals surface area contributed by atoms with Gasteiger partial charge in [-0.25, -0.2) is 8.78 Å². The van der Waals surface area contributed by atoms with Crippen LogP contribution in [0.15, 0.2) is 23.6 Å². The quantitative estimate of drug-likeness (QED) is 0.878. The Balaban J connectivity index is 2.40. The first kappa shape index (κ1) is 12.5. The first-order chi connectivity index (χ1) is 8.00. The van der Waals surface area contributed by atoms with Gasteiger partial charge in [0.1, 0.15) is 0 Å². The van der Waals surface area contributed by atoms with Crippen molar-refractivity contribution in [2.24, 2.45) is 5.73 Å². The number of aryl methyl sites for hydroxylation is 1. The maximum Gasteiger partial charge on any atom is 0.159 e. The van der Waals surface area contributed by atoms with Gasteiger partial charge in [0, 0.05) is 4.88 Å². The summed E-state index contributed by atoms with van der Waals surface area (Å²) in [7, 11) is 0. The lowest BCUT2D eigenvalue weighted by Gasteiger charge is -2.11. The molecule has 1 aromatic carbocycles. The van der Waals surface area contributed by atoms with E-state index in [1.54, 1.807) is 0 Å². The molecule has 0 aliphatic rings. The third kappa shape index (κ3) is 2.34. The highest BCUT2D eigenvalue weighted by atomic mass is 35.5. The molecule has 1 aromatic heterocycles. The molecule has 2 N–H and O–H groups in total. The number of rotatable bonds is 2. The number of hydrogen-bond donors (Lipinski definition) is 1.